The van der Waals surface area contributed by atoms with Gasteiger partial charge in [-0.3, -0.25) is 0 Å². The van der Waals surface area contributed by atoms with Crippen molar-refractivity contribution >= 4 is 27.9 Å². The normalized spacial score (nSPS) is 18.0. The van der Waals surface area contributed by atoms with E-state index in [-0.39, 0.29) is 35.3 Å². The zero-order valence-corrected chi connectivity index (χ0v) is 18.3. The Morgan fingerprint density at radius 3 is 2.74 bits per heavy atom. The zero-order chi connectivity index (χ0) is 24.5. The van der Waals surface area contributed by atoms with Crippen LogP contribution in [0.4, 0.5) is 13.2 Å². The summed E-state index contributed by atoms with van der Waals surface area (Å²) in [6, 6.07) is 0.560. The number of rotatable bonds is 6. The van der Waals surface area contributed by atoms with Gasteiger partial charge in [-0.25, -0.2) is 45.8 Å². The number of benzene rings is 1. The van der Waals surface area contributed by atoms with Crippen molar-refractivity contribution in [2.75, 3.05) is 12.8 Å². The summed E-state index contributed by atoms with van der Waals surface area (Å²) >= 11 is 0. The molecule has 1 unspecified atom stereocenters. The van der Waals surface area contributed by atoms with E-state index in [2.05, 4.69) is 19.9 Å². The molecule has 2 aromatic heterocycles. The van der Waals surface area contributed by atoms with Gasteiger partial charge in [-0.1, -0.05) is 0 Å². The predicted molar refractivity (Wildman–Crippen MR) is 114 cm³/mol. The van der Waals surface area contributed by atoms with Crippen molar-refractivity contribution in [1.82, 2.24) is 19.3 Å². The molecule has 0 saturated carbocycles. The quantitative estimate of drug-likeness (QED) is 0.552. The lowest BCUT2D eigenvalue weighted by atomic mass is 10.0. The largest absolute Gasteiger partial charge is 0.467 e. The zero-order valence-electron chi connectivity index (χ0n) is 17.5. The molecule has 4 rings (SSSR count). The Morgan fingerprint density at radius 1 is 1.29 bits per heavy atom. The van der Waals surface area contributed by atoms with Crippen molar-refractivity contribution in [3.63, 3.8) is 0 Å². The maximum atomic E-state index is 14.7. The number of ether oxygens (including phenoxy) is 1. The van der Waals surface area contributed by atoms with Gasteiger partial charge in [0.1, 0.15) is 12.0 Å². The SMILES string of the molecule is CN1C(N)=NC(c2cc(/C=C(\F)c3cnc(OCc4ncco4)cn3)cc(F)c2F)CS1(=O)=O. The second-order valence-corrected chi connectivity index (χ2v) is 9.15. The molecule has 0 saturated heterocycles. The maximum Gasteiger partial charge on any atom is 0.239 e. The van der Waals surface area contributed by atoms with E-state index < -0.39 is 39.3 Å². The number of nitrogens with two attached hydrogens (primary N) is 1. The van der Waals surface area contributed by atoms with Gasteiger partial charge in [0.05, 0.1) is 30.4 Å². The first-order chi connectivity index (χ1) is 16.1. The Morgan fingerprint density at radius 2 is 2.09 bits per heavy atom. The Kier molecular flexibility index (Phi) is 6.24. The molecule has 3 heterocycles. The lowest BCUT2D eigenvalue weighted by Gasteiger charge is -2.27. The maximum absolute atomic E-state index is 14.7. The third-order valence-corrected chi connectivity index (χ3v) is 6.59. The fourth-order valence-electron chi connectivity index (χ4n) is 3.04. The van der Waals surface area contributed by atoms with Crippen LogP contribution in [0.2, 0.25) is 0 Å². The van der Waals surface area contributed by atoms with E-state index >= 15 is 0 Å². The van der Waals surface area contributed by atoms with E-state index in [1.165, 1.54) is 25.7 Å². The highest BCUT2D eigenvalue weighted by Gasteiger charge is 2.33. The van der Waals surface area contributed by atoms with E-state index in [1.807, 2.05) is 0 Å². The summed E-state index contributed by atoms with van der Waals surface area (Å²) in [6.07, 6.45) is 5.99. The molecular weight excluding hydrogens is 477 g/mol. The number of sulfonamides is 1. The lowest BCUT2D eigenvalue weighted by molar-refractivity contribution is 0.252. The van der Waals surface area contributed by atoms with Gasteiger partial charge in [-0.05, 0) is 23.8 Å². The Labute approximate surface area is 191 Å². The topological polar surface area (TPSA) is 137 Å². The van der Waals surface area contributed by atoms with Gasteiger partial charge in [0, 0.05) is 12.6 Å². The Balaban J connectivity index is 1.57. The third-order valence-electron chi connectivity index (χ3n) is 4.83. The number of hydrogen-bond acceptors (Lipinski definition) is 9. The number of halogens is 3. The van der Waals surface area contributed by atoms with Gasteiger partial charge < -0.3 is 14.9 Å². The molecule has 1 atom stereocenters. The monoisotopic (exact) mass is 494 g/mol. The summed E-state index contributed by atoms with van der Waals surface area (Å²) in [5.41, 5.74) is 4.95. The second-order valence-electron chi connectivity index (χ2n) is 7.10. The molecule has 2 N–H and O–H groups in total. The third kappa shape index (κ3) is 4.85. The van der Waals surface area contributed by atoms with E-state index in [0.717, 1.165) is 28.7 Å². The minimum atomic E-state index is -3.88. The number of aromatic nitrogens is 3. The molecular formula is C20H17F3N6O4S. The van der Waals surface area contributed by atoms with Gasteiger partial charge in [0.25, 0.3) is 0 Å². The highest BCUT2D eigenvalue weighted by molar-refractivity contribution is 7.89. The van der Waals surface area contributed by atoms with Crippen molar-refractivity contribution in [3.8, 4) is 5.88 Å². The molecule has 0 aliphatic carbocycles. The van der Waals surface area contributed by atoms with E-state index in [9.17, 15) is 21.6 Å². The molecule has 0 bridgehead atoms. The molecule has 0 fully saturated rings. The van der Waals surface area contributed by atoms with Crippen LogP contribution in [0.15, 0.2) is 46.4 Å². The fraction of sp³-hybridized carbons (Fsp3) is 0.200. The summed E-state index contributed by atoms with van der Waals surface area (Å²) in [5, 5.41) is 0. The molecule has 14 heteroatoms. The summed E-state index contributed by atoms with van der Waals surface area (Å²) in [4.78, 5) is 15.6. The number of nitrogens with zero attached hydrogens (tertiary/aromatic N) is 5. The highest BCUT2D eigenvalue weighted by atomic mass is 32.2. The van der Waals surface area contributed by atoms with Crippen molar-refractivity contribution in [2.45, 2.75) is 12.6 Å². The standard InChI is InChI=1S/C20H17F3N6O4S/c1-29-20(24)28-16(10-34(29,30)31)12-4-11(6-14(22)19(12)23)5-13(21)15-7-27-17(8-26-15)33-9-18-25-2-3-32-18/h2-8,16H,9-10H2,1H3,(H2,24,28)/b13-5-. The molecule has 178 valence electrons. The number of oxazole rings is 1. The van der Waals surface area contributed by atoms with Crippen LogP contribution in [0.5, 0.6) is 5.88 Å². The number of guanidine groups is 1. The summed E-state index contributed by atoms with van der Waals surface area (Å²) in [7, 11) is -2.69. The first-order valence-corrected chi connectivity index (χ1v) is 11.2. The molecule has 1 aliphatic heterocycles. The van der Waals surface area contributed by atoms with Gasteiger partial charge in [0.2, 0.25) is 27.8 Å². The van der Waals surface area contributed by atoms with Gasteiger partial charge in [0.15, 0.2) is 24.1 Å². The van der Waals surface area contributed by atoms with Crippen LogP contribution in [-0.2, 0) is 16.6 Å². The number of aliphatic imine (C=N–C) groups is 1. The molecule has 3 aromatic rings. The van der Waals surface area contributed by atoms with Gasteiger partial charge >= 0.3 is 0 Å². The first kappa shape index (κ1) is 23.2. The summed E-state index contributed by atoms with van der Waals surface area (Å²) < 4.78 is 78.9. The van der Waals surface area contributed by atoms with Crippen LogP contribution in [0, 0.1) is 11.6 Å². The number of hydrogen-bond donors (Lipinski definition) is 1. The fourth-order valence-corrected chi connectivity index (χ4v) is 4.25. The molecule has 10 nitrogen and oxygen atoms in total. The lowest BCUT2D eigenvalue weighted by Crippen LogP contribution is -2.45. The van der Waals surface area contributed by atoms with E-state index in [1.54, 1.807) is 0 Å². The van der Waals surface area contributed by atoms with Crippen LogP contribution in [0.25, 0.3) is 11.9 Å². The summed E-state index contributed by atoms with van der Waals surface area (Å²) in [5.74, 6) is -4.10. The molecule has 0 radical (unpaired) electrons. The first-order valence-electron chi connectivity index (χ1n) is 9.63. The highest BCUT2D eigenvalue weighted by Crippen LogP contribution is 2.30. The van der Waals surface area contributed by atoms with Crippen molar-refractivity contribution in [3.05, 3.63) is 71.3 Å². The average Bonchev–Trinajstić information content (AvgIpc) is 3.32. The minimum absolute atomic E-state index is 0.00332. The van der Waals surface area contributed by atoms with Gasteiger partial charge in [-0.15, -0.1) is 0 Å². The van der Waals surface area contributed by atoms with Crippen LogP contribution in [0.3, 0.4) is 0 Å². The van der Waals surface area contributed by atoms with Crippen LogP contribution in [-0.4, -0.2) is 46.4 Å². The van der Waals surface area contributed by atoms with E-state index in [0.29, 0.717) is 5.89 Å². The van der Waals surface area contributed by atoms with Crippen molar-refractivity contribution in [2.24, 2.45) is 10.7 Å². The molecule has 34 heavy (non-hydrogen) atoms. The van der Waals surface area contributed by atoms with Crippen LogP contribution < -0.4 is 10.5 Å². The average molecular weight is 494 g/mol. The molecule has 0 amide bonds. The Hall–Kier alpha value is -3.94. The molecule has 1 aliphatic rings. The van der Waals surface area contributed by atoms with Gasteiger partial charge in [-0.2, -0.15) is 0 Å². The minimum Gasteiger partial charge on any atom is -0.467 e. The summed E-state index contributed by atoms with van der Waals surface area (Å²) in [6.45, 7) is -0.00332. The molecule has 1 aromatic carbocycles. The van der Waals surface area contributed by atoms with Crippen molar-refractivity contribution in [1.29, 1.82) is 0 Å². The Bertz CT molecular complexity index is 1360. The second kappa shape index (κ2) is 9.13. The molecule has 0 spiro atoms. The van der Waals surface area contributed by atoms with Crippen LogP contribution >= 0.6 is 0 Å². The van der Waals surface area contributed by atoms with Crippen molar-refractivity contribution < 1.29 is 30.7 Å². The predicted octanol–water partition coefficient (Wildman–Crippen LogP) is 2.42. The van der Waals surface area contributed by atoms with Crippen LogP contribution in [0.1, 0.15) is 28.8 Å². The smallest absolute Gasteiger partial charge is 0.239 e. The van der Waals surface area contributed by atoms with E-state index in [4.69, 9.17) is 14.9 Å².